The number of carbonyl (C=O) groups excluding carboxylic acids is 1. The molecule has 5 heteroatoms. The Morgan fingerprint density at radius 3 is 2.44 bits per heavy atom. The average molecular weight is 360 g/mol. The van der Waals surface area contributed by atoms with Crippen molar-refractivity contribution >= 4 is 28.2 Å². The van der Waals surface area contributed by atoms with Crippen LogP contribution in [0.2, 0.25) is 0 Å². The van der Waals surface area contributed by atoms with Gasteiger partial charge >= 0.3 is 0 Å². The van der Waals surface area contributed by atoms with Crippen LogP contribution in [-0.4, -0.2) is 13.4 Å². The predicted octanol–water partition coefficient (Wildman–Crippen LogP) is 4.35. The predicted molar refractivity (Wildman–Crippen MR) is 103 cm³/mol. The zero-order chi connectivity index (χ0) is 18.8. The molecule has 3 aromatic carbocycles. The van der Waals surface area contributed by atoms with Crippen molar-refractivity contribution in [1.82, 2.24) is 0 Å². The molecular weight excluding hydrogens is 344 g/mol. The molecule has 27 heavy (non-hydrogen) atoms. The minimum Gasteiger partial charge on any atom is -0.490 e. The molecule has 0 saturated carbocycles. The van der Waals surface area contributed by atoms with Crippen molar-refractivity contribution in [3.8, 4) is 11.5 Å². The van der Waals surface area contributed by atoms with Crippen LogP contribution in [0.15, 0.2) is 69.9 Å². The van der Waals surface area contributed by atoms with E-state index in [1.165, 1.54) is 13.2 Å². The number of hydrogen-bond donors (Lipinski definition) is 0. The van der Waals surface area contributed by atoms with Gasteiger partial charge < -0.3 is 13.9 Å². The fourth-order valence-electron chi connectivity index (χ4n) is 3.06. The lowest BCUT2D eigenvalue weighted by molar-refractivity contribution is 0.111. The van der Waals surface area contributed by atoms with E-state index in [1.807, 2.05) is 30.3 Å². The number of ether oxygens (including phenoxy) is 2. The molecule has 134 valence electrons. The van der Waals surface area contributed by atoms with Crippen LogP contribution in [0.1, 0.15) is 15.9 Å². The molecule has 1 heterocycles. The Morgan fingerprint density at radius 1 is 0.963 bits per heavy atom. The summed E-state index contributed by atoms with van der Waals surface area (Å²) in [6.07, 6.45) is 0.650. The summed E-state index contributed by atoms with van der Waals surface area (Å²) >= 11 is 0. The maximum absolute atomic E-state index is 12.8. The van der Waals surface area contributed by atoms with E-state index >= 15 is 0 Å². The molecule has 1 aromatic heterocycles. The Bertz CT molecular complexity index is 1190. The highest BCUT2D eigenvalue weighted by Crippen LogP contribution is 2.39. The van der Waals surface area contributed by atoms with Crippen LogP contribution in [0.25, 0.3) is 21.9 Å². The van der Waals surface area contributed by atoms with Gasteiger partial charge in [0, 0.05) is 0 Å². The van der Waals surface area contributed by atoms with Gasteiger partial charge in [-0.3, -0.25) is 9.59 Å². The van der Waals surface area contributed by atoms with Crippen molar-refractivity contribution in [2.24, 2.45) is 0 Å². The number of aldehydes is 1. The van der Waals surface area contributed by atoms with Crippen LogP contribution in [0.3, 0.4) is 0 Å². The van der Waals surface area contributed by atoms with E-state index in [4.69, 9.17) is 13.9 Å². The van der Waals surface area contributed by atoms with Crippen LogP contribution in [0, 0.1) is 0 Å². The smallest absolute Gasteiger partial charge is 0.205 e. The molecule has 0 aliphatic rings. The van der Waals surface area contributed by atoms with Gasteiger partial charge in [0.2, 0.25) is 11.2 Å². The minimum absolute atomic E-state index is 0.220. The van der Waals surface area contributed by atoms with Crippen molar-refractivity contribution in [3.63, 3.8) is 0 Å². The first kappa shape index (κ1) is 16.8. The number of methoxy groups -OCH3 is 1. The van der Waals surface area contributed by atoms with E-state index in [1.54, 1.807) is 24.3 Å². The lowest BCUT2D eigenvalue weighted by atomic mass is 10.1. The van der Waals surface area contributed by atoms with Gasteiger partial charge in [-0.1, -0.05) is 42.5 Å². The molecule has 0 fully saturated rings. The summed E-state index contributed by atoms with van der Waals surface area (Å²) in [7, 11) is 1.45. The third-order valence-electron chi connectivity index (χ3n) is 4.36. The Kier molecular flexibility index (Phi) is 4.34. The van der Waals surface area contributed by atoms with Crippen molar-refractivity contribution in [2.75, 3.05) is 7.11 Å². The topological polar surface area (TPSA) is 65.7 Å². The Balaban J connectivity index is 1.93. The molecule has 0 spiro atoms. The first-order valence-corrected chi connectivity index (χ1v) is 8.41. The fourth-order valence-corrected chi connectivity index (χ4v) is 3.06. The molecule has 0 bridgehead atoms. The first-order chi connectivity index (χ1) is 13.2. The second kappa shape index (κ2) is 6.96. The zero-order valence-corrected chi connectivity index (χ0v) is 14.6. The van der Waals surface area contributed by atoms with Crippen molar-refractivity contribution in [3.05, 3.63) is 82.0 Å². The van der Waals surface area contributed by atoms with Crippen molar-refractivity contribution < 1.29 is 18.7 Å². The quantitative estimate of drug-likeness (QED) is 0.391. The van der Waals surface area contributed by atoms with E-state index in [9.17, 15) is 9.59 Å². The summed E-state index contributed by atoms with van der Waals surface area (Å²) in [5.41, 5.74) is 1.66. The number of carbonyl (C=O) groups is 1. The minimum atomic E-state index is -0.220. The monoisotopic (exact) mass is 360 g/mol. The Labute approximate surface area is 154 Å². The maximum atomic E-state index is 12.8. The standard InChI is InChI=1S/C22H16O5/c1-25-22-20(26-13-14-7-3-2-4-8-14)15(12-23)11-17-19(24)16-9-5-6-10-18(16)27-21(17)22/h2-12H,13H2,1H3. The van der Waals surface area contributed by atoms with Gasteiger partial charge in [0.25, 0.3) is 0 Å². The van der Waals surface area contributed by atoms with Crippen LogP contribution >= 0.6 is 0 Å². The Hall–Kier alpha value is -3.60. The molecule has 0 saturated heterocycles. The number of fused-ring (bicyclic) bond motifs is 2. The number of hydrogen-bond acceptors (Lipinski definition) is 5. The second-order valence-electron chi connectivity index (χ2n) is 6.02. The highest BCUT2D eigenvalue weighted by Gasteiger charge is 2.20. The highest BCUT2D eigenvalue weighted by molar-refractivity contribution is 5.98. The van der Waals surface area contributed by atoms with Gasteiger partial charge in [0.1, 0.15) is 12.2 Å². The number of benzene rings is 3. The van der Waals surface area contributed by atoms with Gasteiger partial charge in [-0.2, -0.15) is 0 Å². The van der Waals surface area contributed by atoms with E-state index < -0.39 is 0 Å². The van der Waals surface area contributed by atoms with E-state index in [0.717, 1.165) is 5.56 Å². The SMILES string of the molecule is COc1c(OCc2ccccc2)c(C=O)cc2c(=O)c3ccccc3oc12. The van der Waals surface area contributed by atoms with Gasteiger partial charge in [-0.05, 0) is 23.8 Å². The molecule has 0 aliphatic carbocycles. The molecule has 0 amide bonds. The molecule has 0 radical (unpaired) electrons. The number of rotatable bonds is 5. The number of para-hydroxylation sites is 1. The molecule has 4 rings (SSSR count). The van der Waals surface area contributed by atoms with Crippen molar-refractivity contribution in [2.45, 2.75) is 6.61 Å². The van der Waals surface area contributed by atoms with Crippen molar-refractivity contribution in [1.29, 1.82) is 0 Å². The van der Waals surface area contributed by atoms with Gasteiger partial charge in [-0.25, -0.2) is 0 Å². The summed E-state index contributed by atoms with van der Waals surface area (Å²) in [4.78, 5) is 24.5. The largest absolute Gasteiger partial charge is 0.490 e. The van der Waals surface area contributed by atoms with E-state index in [2.05, 4.69) is 0 Å². The summed E-state index contributed by atoms with van der Waals surface area (Å²) in [6, 6.07) is 18.0. The lowest BCUT2D eigenvalue weighted by Gasteiger charge is -2.15. The van der Waals surface area contributed by atoms with Crippen LogP contribution in [0.4, 0.5) is 0 Å². The van der Waals surface area contributed by atoms with Crippen LogP contribution in [0.5, 0.6) is 11.5 Å². The molecule has 0 atom stereocenters. The summed E-state index contributed by atoms with van der Waals surface area (Å²) in [5, 5.41) is 0.724. The molecule has 0 aliphatic heterocycles. The average Bonchev–Trinajstić information content (AvgIpc) is 2.72. The third-order valence-corrected chi connectivity index (χ3v) is 4.36. The van der Waals surface area contributed by atoms with Gasteiger partial charge in [-0.15, -0.1) is 0 Å². The summed E-state index contributed by atoms with van der Waals surface area (Å²) in [6.45, 7) is 0.251. The fraction of sp³-hybridized carbons (Fsp3) is 0.0909. The molecule has 0 unspecified atom stereocenters. The Morgan fingerprint density at radius 2 is 1.70 bits per heavy atom. The molecule has 4 aromatic rings. The molecule has 5 nitrogen and oxygen atoms in total. The molecule has 0 N–H and O–H groups in total. The summed E-state index contributed by atoms with van der Waals surface area (Å²) in [5.74, 6) is 0.482. The van der Waals surface area contributed by atoms with Gasteiger partial charge in [0.05, 0.1) is 23.4 Å². The third kappa shape index (κ3) is 2.93. The second-order valence-corrected chi connectivity index (χ2v) is 6.02. The van der Waals surface area contributed by atoms with Crippen LogP contribution < -0.4 is 14.9 Å². The lowest BCUT2D eigenvalue weighted by Crippen LogP contribution is -2.07. The molecular formula is C22H16O5. The first-order valence-electron chi connectivity index (χ1n) is 8.41. The normalized spacial score (nSPS) is 10.9. The van der Waals surface area contributed by atoms with Gasteiger partial charge in [0.15, 0.2) is 17.6 Å². The zero-order valence-electron chi connectivity index (χ0n) is 14.6. The van der Waals surface area contributed by atoms with E-state index in [0.29, 0.717) is 17.3 Å². The summed E-state index contributed by atoms with van der Waals surface area (Å²) < 4.78 is 17.3. The van der Waals surface area contributed by atoms with Crippen LogP contribution in [-0.2, 0) is 6.61 Å². The maximum Gasteiger partial charge on any atom is 0.205 e. The highest BCUT2D eigenvalue weighted by atomic mass is 16.5. The van der Waals surface area contributed by atoms with E-state index in [-0.39, 0.29) is 40.1 Å².